The summed E-state index contributed by atoms with van der Waals surface area (Å²) in [5, 5.41) is 9.92. The van der Waals surface area contributed by atoms with Crippen LogP contribution in [0.5, 0.6) is 5.75 Å². The van der Waals surface area contributed by atoms with Gasteiger partial charge in [-0.25, -0.2) is 8.78 Å². The fraction of sp³-hybridized carbons (Fsp3) is 0.200. The molecule has 0 radical (unpaired) electrons. The molecule has 0 aromatic heterocycles. The first kappa shape index (κ1) is 12.6. The van der Waals surface area contributed by atoms with Crippen molar-refractivity contribution < 1.29 is 13.9 Å². The van der Waals surface area contributed by atoms with Gasteiger partial charge in [-0.3, -0.25) is 0 Å². The molecule has 18 heavy (non-hydrogen) atoms. The topological polar surface area (TPSA) is 20.2 Å². The van der Waals surface area contributed by atoms with E-state index in [1.807, 2.05) is 13.0 Å². The summed E-state index contributed by atoms with van der Waals surface area (Å²) in [6.07, 6.45) is 0.0485. The molecule has 2 aromatic carbocycles. The van der Waals surface area contributed by atoms with Gasteiger partial charge in [-0.15, -0.1) is 0 Å². The summed E-state index contributed by atoms with van der Waals surface area (Å²) >= 11 is 0. The van der Waals surface area contributed by atoms with Crippen LogP contribution in [0.25, 0.3) is 0 Å². The minimum absolute atomic E-state index is 0.0159. The average Bonchev–Trinajstić information content (AvgIpc) is 2.30. The van der Waals surface area contributed by atoms with E-state index in [1.54, 1.807) is 13.0 Å². The molecule has 2 aromatic rings. The van der Waals surface area contributed by atoms with Crippen LogP contribution in [0.3, 0.4) is 0 Å². The lowest BCUT2D eigenvalue weighted by Crippen LogP contribution is -1.98. The number of hydrogen-bond acceptors (Lipinski definition) is 1. The minimum Gasteiger partial charge on any atom is -0.507 e. The largest absolute Gasteiger partial charge is 0.507 e. The highest BCUT2D eigenvalue weighted by Gasteiger charge is 2.13. The molecule has 0 spiro atoms. The number of phenolic OH excluding ortho intramolecular Hbond substituents is 1. The normalized spacial score (nSPS) is 10.7. The van der Waals surface area contributed by atoms with Crippen LogP contribution >= 0.6 is 0 Å². The number of phenols is 1. The molecule has 0 atom stereocenters. The summed E-state index contributed by atoms with van der Waals surface area (Å²) in [5.74, 6) is -1.08. The van der Waals surface area contributed by atoms with Crippen molar-refractivity contribution in [2.24, 2.45) is 0 Å². The second-order valence-corrected chi connectivity index (χ2v) is 4.47. The molecule has 0 saturated carbocycles. The molecule has 3 heteroatoms. The van der Waals surface area contributed by atoms with Crippen LogP contribution in [0.15, 0.2) is 30.3 Å². The van der Waals surface area contributed by atoms with Crippen molar-refractivity contribution >= 4 is 0 Å². The predicted octanol–water partition coefficient (Wildman–Crippen LogP) is 3.88. The first-order chi connectivity index (χ1) is 8.49. The summed E-state index contributed by atoms with van der Waals surface area (Å²) in [6, 6.07) is 7.34. The molecule has 0 aliphatic heterocycles. The highest BCUT2D eigenvalue weighted by molar-refractivity contribution is 5.45. The summed E-state index contributed by atoms with van der Waals surface area (Å²) in [6.45, 7) is 3.65. The Balaban J connectivity index is 2.46. The molecule has 1 nitrogen and oxygen atoms in total. The van der Waals surface area contributed by atoms with E-state index >= 15 is 0 Å². The van der Waals surface area contributed by atoms with Crippen LogP contribution in [-0.4, -0.2) is 5.11 Å². The Morgan fingerprint density at radius 3 is 2.28 bits per heavy atom. The van der Waals surface area contributed by atoms with E-state index in [-0.39, 0.29) is 17.7 Å². The maximum absolute atomic E-state index is 13.5. The van der Waals surface area contributed by atoms with E-state index in [4.69, 9.17) is 0 Å². The van der Waals surface area contributed by atoms with Gasteiger partial charge in [0.05, 0.1) is 0 Å². The zero-order chi connectivity index (χ0) is 13.3. The van der Waals surface area contributed by atoms with Gasteiger partial charge in [-0.2, -0.15) is 0 Å². The first-order valence-electron chi connectivity index (χ1n) is 5.71. The van der Waals surface area contributed by atoms with E-state index in [2.05, 4.69) is 0 Å². The molecule has 0 heterocycles. The Kier molecular flexibility index (Phi) is 3.32. The van der Waals surface area contributed by atoms with Crippen molar-refractivity contribution in [1.29, 1.82) is 0 Å². The van der Waals surface area contributed by atoms with Crippen molar-refractivity contribution in [3.63, 3.8) is 0 Å². The highest BCUT2D eigenvalue weighted by atomic mass is 19.1. The summed E-state index contributed by atoms with van der Waals surface area (Å²) in [4.78, 5) is 0. The maximum atomic E-state index is 13.5. The van der Waals surface area contributed by atoms with E-state index in [0.29, 0.717) is 11.1 Å². The van der Waals surface area contributed by atoms with Gasteiger partial charge in [0.2, 0.25) is 0 Å². The number of hydrogen-bond donors (Lipinski definition) is 1. The third-order valence-corrected chi connectivity index (χ3v) is 2.95. The van der Waals surface area contributed by atoms with Gasteiger partial charge in [-0.05, 0) is 37.1 Å². The summed E-state index contributed by atoms with van der Waals surface area (Å²) in [7, 11) is 0. The third-order valence-electron chi connectivity index (χ3n) is 2.95. The smallest absolute Gasteiger partial charge is 0.129 e. The van der Waals surface area contributed by atoms with Gasteiger partial charge in [-0.1, -0.05) is 23.8 Å². The maximum Gasteiger partial charge on any atom is 0.129 e. The van der Waals surface area contributed by atoms with Gasteiger partial charge in [0.25, 0.3) is 0 Å². The Labute approximate surface area is 105 Å². The molecular weight excluding hydrogens is 234 g/mol. The highest BCUT2D eigenvalue weighted by Crippen LogP contribution is 2.27. The van der Waals surface area contributed by atoms with Gasteiger partial charge in [0.1, 0.15) is 17.4 Å². The van der Waals surface area contributed by atoms with E-state index in [1.165, 1.54) is 18.2 Å². The van der Waals surface area contributed by atoms with Crippen LogP contribution in [0.2, 0.25) is 0 Å². The van der Waals surface area contributed by atoms with Gasteiger partial charge in [0, 0.05) is 12.0 Å². The van der Waals surface area contributed by atoms with E-state index in [9.17, 15) is 13.9 Å². The Hall–Kier alpha value is -1.90. The molecule has 0 unspecified atom stereocenters. The molecule has 0 bridgehead atoms. The molecule has 1 N–H and O–H groups in total. The van der Waals surface area contributed by atoms with Crippen LogP contribution in [0, 0.1) is 25.5 Å². The second kappa shape index (κ2) is 4.77. The number of aromatic hydroxyl groups is 1. The second-order valence-electron chi connectivity index (χ2n) is 4.47. The lowest BCUT2D eigenvalue weighted by Gasteiger charge is -2.10. The van der Waals surface area contributed by atoms with Gasteiger partial charge < -0.3 is 5.11 Å². The third kappa shape index (κ3) is 2.35. The number of aryl methyl sites for hydroxylation is 2. The lowest BCUT2D eigenvalue weighted by molar-refractivity contribution is 0.463. The van der Waals surface area contributed by atoms with Crippen LogP contribution in [0.4, 0.5) is 8.78 Å². The zero-order valence-electron chi connectivity index (χ0n) is 10.3. The molecule has 94 valence electrons. The molecule has 0 amide bonds. The minimum atomic E-state index is -0.589. The molecule has 0 aliphatic rings. The Morgan fingerprint density at radius 2 is 1.67 bits per heavy atom. The Morgan fingerprint density at radius 1 is 1.06 bits per heavy atom. The predicted molar refractivity (Wildman–Crippen MR) is 66.7 cm³/mol. The van der Waals surface area contributed by atoms with Crippen molar-refractivity contribution in [3.8, 4) is 5.75 Å². The lowest BCUT2D eigenvalue weighted by atomic mass is 9.98. The fourth-order valence-corrected chi connectivity index (χ4v) is 2.07. The molecule has 0 fully saturated rings. The quantitative estimate of drug-likeness (QED) is 0.855. The number of halogens is 2. The number of benzene rings is 2. The first-order valence-corrected chi connectivity index (χ1v) is 5.71. The zero-order valence-corrected chi connectivity index (χ0v) is 10.3. The monoisotopic (exact) mass is 248 g/mol. The van der Waals surface area contributed by atoms with E-state index in [0.717, 1.165) is 5.56 Å². The fourth-order valence-electron chi connectivity index (χ4n) is 2.07. The summed E-state index contributed by atoms with van der Waals surface area (Å²) in [5.41, 5.74) is 2.19. The SMILES string of the molecule is Cc1cc(C)c(O)c(Cc2c(F)cccc2F)c1. The van der Waals surface area contributed by atoms with Crippen molar-refractivity contribution in [2.75, 3.05) is 0 Å². The van der Waals surface area contributed by atoms with Gasteiger partial charge >= 0.3 is 0 Å². The molecule has 2 rings (SSSR count). The molecule has 0 saturated heterocycles. The summed E-state index contributed by atoms with van der Waals surface area (Å²) < 4.78 is 27.1. The van der Waals surface area contributed by atoms with Crippen LogP contribution < -0.4 is 0 Å². The number of rotatable bonds is 2. The molecular formula is C15H14F2O. The van der Waals surface area contributed by atoms with Crippen LogP contribution in [0.1, 0.15) is 22.3 Å². The van der Waals surface area contributed by atoms with Gasteiger partial charge in [0.15, 0.2) is 0 Å². The van der Waals surface area contributed by atoms with E-state index < -0.39 is 11.6 Å². The average molecular weight is 248 g/mol. The van der Waals surface area contributed by atoms with Crippen molar-refractivity contribution in [1.82, 2.24) is 0 Å². The van der Waals surface area contributed by atoms with Crippen molar-refractivity contribution in [3.05, 3.63) is 64.2 Å². The molecule has 0 aliphatic carbocycles. The Bertz CT molecular complexity index is 571. The standard InChI is InChI=1S/C15H14F2O/c1-9-6-10(2)15(18)11(7-9)8-12-13(16)4-3-5-14(12)17/h3-7,18H,8H2,1-2H3. The van der Waals surface area contributed by atoms with Crippen LogP contribution in [-0.2, 0) is 6.42 Å². The van der Waals surface area contributed by atoms with Crippen molar-refractivity contribution in [2.45, 2.75) is 20.3 Å².